The minimum absolute atomic E-state index is 0.0901. The third kappa shape index (κ3) is 5.20. The number of hydrogen-bond donors (Lipinski definition) is 0. The molecule has 0 unspecified atom stereocenters. The van der Waals surface area contributed by atoms with Gasteiger partial charge in [-0.15, -0.1) is 0 Å². The maximum Gasteiger partial charge on any atom is 0.315 e. The maximum atomic E-state index is 12.4. The van der Waals surface area contributed by atoms with Gasteiger partial charge in [0.25, 0.3) is 0 Å². The minimum atomic E-state index is -0.476. The van der Waals surface area contributed by atoms with E-state index in [1.807, 2.05) is 60.7 Å². The molecule has 0 N–H and O–H groups in total. The van der Waals surface area contributed by atoms with Gasteiger partial charge in [-0.3, -0.25) is 9.59 Å². The quantitative estimate of drug-likeness (QED) is 0.461. The van der Waals surface area contributed by atoms with Gasteiger partial charge in [-0.1, -0.05) is 66.7 Å². The van der Waals surface area contributed by atoms with E-state index in [-0.39, 0.29) is 24.3 Å². The molecule has 0 aliphatic heterocycles. The molecule has 3 aromatic carbocycles. The Morgan fingerprint density at radius 2 is 1.14 bits per heavy atom. The molecule has 0 heterocycles. The first kappa shape index (κ1) is 19.2. The van der Waals surface area contributed by atoms with Gasteiger partial charge in [0.2, 0.25) is 5.75 Å². The molecule has 5 nitrogen and oxygen atoms in total. The summed E-state index contributed by atoms with van der Waals surface area (Å²) in [5.41, 5.74) is 1.66. The predicted octanol–water partition coefficient (Wildman–Crippen LogP) is 3.99. The number of ether oxygens (including phenoxy) is 3. The molecule has 0 atom stereocenters. The zero-order valence-corrected chi connectivity index (χ0v) is 15.5. The van der Waals surface area contributed by atoms with Gasteiger partial charge in [-0.05, 0) is 23.3 Å². The lowest BCUT2D eigenvalue weighted by Crippen LogP contribution is -2.15. The molecule has 0 fully saturated rings. The monoisotopic (exact) mass is 376 g/mol. The largest absolute Gasteiger partial charge is 0.493 e. The summed E-state index contributed by atoms with van der Waals surface area (Å²) in [5, 5.41) is 0. The first-order valence-electron chi connectivity index (χ1n) is 8.82. The van der Waals surface area contributed by atoms with Crippen molar-refractivity contribution >= 4 is 11.9 Å². The summed E-state index contributed by atoms with van der Waals surface area (Å²) in [7, 11) is 1.46. The average molecular weight is 376 g/mol. The van der Waals surface area contributed by atoms with Crippen molar-refractivity contribution in [3.8, 4) is 17.2 Å². The molecular weight excluding hydrogens is 356 g/mol. The zero-order chi connectivity index (χ0) is 19.8. The fourth-order valence-electron chi connectivity index (χ4n) is 2.67. The molecule has 0 radical (unpaired) electrons. The number of carbonyl (C=O) groups is 2. The van der Waals surface area contributed by atoms with E-state index in [9.17, 15) is 9.59 Å². The molecule has 0 saturated heterocycles. The maximum absolute atomic E-state index is 12.4. The Kier molecular flexibility index (Phi) is 6.41. The second-order valence-corrected chi connectivity index (χ2v) is 6.06. The number of esters is 2. The Hall–Kier alpha value is -3.60. The molecule has 0 amide bonds. The lowest BCUT2D eigenvalue weighted by atomic mass is 10.1. The van der Waals surface area contributed by atoms with Crippen molar-refractivity contribution in [3.05, 3.63) is 90.0 Å². The van der Waals surface area contributed by atoms with E-state index in [2.05, 4.69) is 0 Å². The van der Waals surface area contributed by atoms with Gasteiger partial charge < -0.3 is 14.2 Å². The van der Waals surface area contributed by atoms with Crippen LogP contribution in [0.2, 0.25) is 0 Å². The summed E-state index contributed by atoms with van der Waals surface area (Å²) in [6, 6.07) is 23.4. The molecule has 0 aromatic heterocycles. The van der Waals surface area contributed by atoms with Crippen molar-refractivity contribution in [2.45, 2.75) is 12.8 Å². The minimum Gasteiger partial charge on any atom is -0.493 e. The van der Waals surface area contributed by atoms with Crippen LogP contribution in [0.15, 0.2) is 78.9 Å². The summed E-state index contributed by atoms with van der Waals surface area (Å²) in [5.74, 6) is -0.392. The van der Waals surface area contributed by atoms with Gasteiger partial charge in [-0.25, -0.2) is 0 Å². The first-order chi connectivity index (χ1) is 13.7. The first-order valence-corrected chi connectivity index (χ1v) is 8.82. The highest BCUT2D eigenvalue weighted by Gasteiger charge is 2.19. The van der Waals surface area contributed by atoms with E-state index in [0.29, 0.717) is 5.75 Å². The fourth-order valence-corrected chi connectivity index (χ4v) is 2.67. The van der Waals surface area contributed by atoms with Gasteiger partial charge in [-0.2, -0.15) is 0 Å². The van der Waals surface area contributed by atoms with Crippen molar-refractivity contribution in [1.29, 1.82) is 0 Å². The van der Waals surface area contributed by atoms with Crippen LogP contribution in [0.4, 0.5) is 0 Å². The van der Waals surface area contributed by atoms with Gasteiger partial charge in [0.05, 0.1) is 20.0 Å². The van der Waals surface area contributed by atoms with Crippen LogP contribution in [0, 0.1) is 0 Å². The molecule has 3 rings (SSSR count). The van der Waals surface area contributed by atoms with E-state index in [1.165, 1.54) is 7.11 Å². The molecule has 0 aliphatic carbocycles. The van der Waals surface area contributed by atoms with Crippen LogP contribution >= 0.6 is 0 Å². The van der Waals surface area contributed by atoms with Crippen molar-refractivity contribution in [2.24, 2.45) is 0 Å². The van der Waals surface area contributed by atoms with Crippen LogP contribution in [0.25, 0.3) is 0 Å². The van der Waals surface area contributed by atoms with E-state index < -0.39 is 11.9 Å². The Bertz CT molecular complexity index is 936. The summed E-state index contributed by atoms with van der Waals surface area (Å²) >= 11 is 0. The summed E-state index contributed by atoms with van der Waals surface area (Å²) in [4.78, 5) is 24.7. The summed E-state index contributed by atoms with van der Waals surface area (Å²) in [6.07, 6.45) is 0.200. The van der Waals surface area contributed by atoms with E-state index in [1.54, 1.807) is 18.2 Å². The molecule has 0 spiro atoms. The molecule has 0 bridgehead atoms. The highest BCUT2D eigenvalue weighted by molar-refractivity contribution is 5.79. The number of methoxy groups -OCH3 is 1. The SMILES string of the molecule is COc1cccc(OC(=O)Cc2ccccc2)c1OC(=O)Cc1ccccc1. The molecular formula is C23H20O5. The second-order valence-electron chi connectivity index (χ2n) is 6.06. The number of carbonyl (C=O) groups excluding carboxylic acids is 2. The normalized spacial score (nSPS) is 10.2. The number of para-hydroxylation sites is 1. The summed E-state index contributed by atoms with van der Waals surface area (Å²) < 4.78 is 16.2. The number of benzene rings is 3. The van der Waals surface area contributed by atoms with Crippen LogP contribution in [-0.4, -0.2) is 19.0 Å². The van der Waals surface area contributed by atoms with Crippen LogP contribution in [-0.2, 0) is 22.4 Å². The molecule has 28 heavy (non-hydrogen) atoms. The Labute approximate surface area is 163 Å². The highest BCUT2D eigenvalue weighted by Crippen LogP contribution is 2.37. The van der Waals surface area contributed by atoms with Gasteiger partial charge in [0.1, 0.15) is 0 Å². The Balaban J connectivity index is 1.74. The average Bonchev–Trinajstić information content (AvgIpc) is 2.70. The Morgan fingerprint density at radius 1 is 0.643 bits per heavy atom. The van der Waals surface area contributed by atoms with E-state index in [0.717, 1.165) is 11.1 Å². The third-order valence-electron chi connectivity index (χ3n) is 3.98. The second kappa shape index (κ2) is 9.37. The molecule has 0 saturated carbocycles. The van der Waals surface area contributed by atoms with Crippen LogP contribution in [0.3, 0.4) is 0 Å². The third-order valence-corrected chi connectivity index (χ3v) is 3.98. The topological polar surface area (TPSA) is 61.8 Å². The standard InChI is InChI=1S/C23H20O5/c1-26-19-13-8-14-20(27-21(24)15-17-9-4-2-5-10-17)23(19)28-22(25)16-18-11-6-3-7-12-18/h2-14H,15-16H2,1H3. The highest BCUT2D eigenvalue weighted by atomic mass is 16.6. The summed E-state index contributed by atoms with van der Waals surface area (Å²) in [6.45, 7) is 0. The number of hydrogen-bond acceptors (Lipinski definition) is 5. The molecule has 3 aromatic rings. The van der Waals surface area contributed by atoms with Crippen molar-refractivity contribution in [3.63, 3.8) is 0 Å². The van der Waals surface area contributed by atoms with Crippen LogP contribution in [0.5, 0.6) is 17.2 Å². The Morgan fingerprint density at radius 3 is 1.68 bits per heavy atom. The predicted molar refractivity (Wildman–Crippen MR) is 105 cm³/mol. The van der Waals surface area contributed by atoms with E-state index in [4.69, 9.17) is 14.2 Å². The van der Waals surface area contributed by atoms with Crippen molar-refractivity contribution in [2.75, 3.05) is 7.11 Å². The lowest BCUT2D eigenvalue weighted by molar-refractivity contribution is -0.136. The van der Waals surface area contributed by atoms with Crippen molar-refractivity contribution in [1.82, 2.24) is 0 Å². The van der Waals surface area contributed by atoms with Gasteiger partial charge in [0.15, 0.2) is 11.5 Å². The van der Waals surface area contributed by atoms with E-state index >= 15 is 0 Å². The van der Waals surface area contributed by atoms with Gasteiger partial charge >= 0.3 is 11.9 Å². The number of rotatable bonds is 7. The van der Waals surface area contributed by atoms with Crippen LogP contribution in [0.1, 0.15) is 11.1 Å². The molecule has 0 aliphatic rings. The zero-order valence-electron chi connectivity index (χ0n) is 15.5. The van der Waals surface area contributed by atoms with Crippen molar-refractivity contribution < 1.29 is 23.8 Å². The molecule has 142 valence electrons. The van der Waals surface area contributed by atoms with Gasteiger partial charge in [0, 0.05) is 0 Å². The lowest BCUT2D eigenvalue weighted by Gasteiger charge is -2.14. The van der Waals surface area contributed by atoms with Crippen LogP contribution < -0.4 is 14.2 Å². The smallest absolute Gasteiger partial charge is 0.315 e. The molecule has 5 heteroatoms. The fraction of sp³-hybridized carbons (Fsp3) is 0.130.